The number of alkyl halides is 1. The van der Waals surface area contributed by atoms with Crippen LogP contribution in [0.1, 0.15) is 33.1 Å². The van der Waals surface area contributed by atoms with Crippen molar-refractivity contribution in [2.24, 2.45) is 5.41 Å². The predicted octanol–water partition coefficient (Wildman–Crippen LogP) is 3.96. The molecule has 0 saturated carbocycles. The van der Waals surface area contributed by atoms with E-state index in [1.165, 1.54) is 30.8 Å². The van der Waals surface area contributed by atoms with Crippen LogP contribution in [0.4, 0.5) is 0 Å². The van der Waals surface area contributed by atoms with Crippen molar-refractivity contribution in [3.8, 4) is 0 Å². The Balaban J connectivity index is 3.61. The molecule has 0 bridgehead atoms. The normalized spacial score (nSPS) is 12.0. The van der Waals surface area contributed by atoms with E-state index in [1.54, 1.807) is 7.11 Å². The molecule has 0 heterocycles. The molecule has 0 atom stereocenters. The maximum absolute atomic E-state index is 5.03. The Morgan fingerprint density at radius 2 is 1.93 bits per heavy atom. The molecule has 0 aromatic heterocycles. The number of hydrogen-bond acceptors (Lipinski definition) is 2. The van der Waals surface area contributed by atoms with Crippen LogP contribution < -0.4 is 0 Å². The second kappa shape index (κ2) is 9.05. The molecule has 0 radical (unpaired) electrons. The third-order valence-electron chi connectivity index (χ3n) is 2.83. The second-order valence-corrected chi connectivity index (χ2v) is 5.41. The molecule has 1 nitrogen and oxygen atoms in total. The Kier molecular flexibility index (Phi) is 9.56. The van der Waals surface area contributed by atoms with Gasteiger partial charge in [0, 0.05) is 19.0 Å². The van der Waals surface area contributed by atoms with Gasteiger partial charge in [-0.3, -0.25) is 0 Å². The van der Waals surface area contributed by atoms with Gasteiger partial charge in [-0.25, -0.2) is 0 Å². The van der Waals surface area contributed by atoms with Crippen molar-refractivity contribution < 1.29 is 4.74 Å². The highest BCUT2D eigenvalue weighted by molar-refractivity contribution is 9.09. The molecule has 0 aliphatic heterocycles. The summed E-state index contributed by atoms with van der Waals surface area (Å²) in [5.41, 5.74) is 0.512. The van der Waals surface area contributed by atoms with Crippen molar-refractivity contribution >= 4 is 27.7 Å². The monoisotopic (exact) mass is 282 g/mol. The maximum atomic E-state index is 5.03. The van der Waals surface area contributed by atoms with Crippen LogP contribution in [-0.2, 0) is 4.74 Å². The zero-order chi connectivity index (χ0) is 10.9. The highest BCUT2D eigenvalue weighted by atomic mass is 79.9. The van der Waals surface area contributed by atoms with Gasteiger partial charge in [-0.15, -0.1) is 0 Å². The van der Waals surface area contributed by atoms with Crippen molar-refractivity contribution in [1.82, 2.24) is 0 Å². The number of thioether (sulfide) groups is 1. The molecule has 0 unspecified atom stereocenters. The standard InChI is InChI=1S/C11H23BrOS/c1-4-11(5-2,9-12)10-14-8-6-7-13-3/h4-10H2,1-3H3. The first-order valence-electron chi connectivity index (χ1n) is 5.37. The Morgan fingerprint density at radius 3 is 2.36 bits per heavy atom. The average molecular weight is 283 g/mol. The zero-order valence-electron chi connectivity index (χ0n) is 9.64. The molecule has 0 rings (SSSR count). The fraction of sp³-hybridized carbons (Fsp3) is 1.00. The summed E-state index contributed by atoms with van der Waals surface area (Å²) >= 11 is 5.70. The highest BCUT2D eigenvalue weighted by Crippen LogP contribution is 2.32. The average Bonchev–Trinajstić information content (AvgIpc) is 2.24. The minimum atomic E-state index is 0.512. The first-order valence-corrected chi connectivity index (χ1v) is 7.65. The number of methoxy groups -OCH3 is 1. The van der Waals surface area contributed by atoms with E-state index in [0.29, 0.717) is 5.41 Å². The Morgan fingerprint density at radius 1 is 1.29 bits per heavy atom. The topological polar surface area (TPSA) is 9.23 Å². The van der Waals surface area contributed by atoms with Crippen molar-refractivity contribution in [3.63, 3.8) is 0 Å². The molecule has 0 amide bonds. The van der Waals surface area contributed by atoms with E-state index in [-0.39, 0.29) is 0 Å². The van der Waals surface area contributed by atoms with Gasteiger partial charge >= 0.3 is 0 Å². The summed E-state index contributed by atoms with van der Waals surface area (Å²) < 4.78 is 5.03. The Bertz CT molecular complexity index is 118. The van der Waals surface area contributed by atoms with E-state index in [9.17, 15) is 0 Å². The first-order chi connectivity index (χ1) is 6.74. The quantitative estimate of drug-likeness (QED) is 0.468. The molecule has 0 aliphatic carbocycles. The van der Waals surface area contributed by atoms with Crippen molar-refractivity contribution in [2.75, 3.05) is 30.6 Å². The number of ether oxygens (including phenoxy) is 1. The third-order valence-corrected chi connectivity index (χ3v) is 5.41. The molecule has 0 fully saturated rings. The summed E-state index contributed by atoms with van der Waals surface area (Å²) in [5.74, 6) is 2.50. The summed E-state index contributed by atoms with van der Waals surface area (Å²) in [6.07, 6.45) is 3.71. The lowest BCUT2D eigenvalue weighted by molar-refractivity contribution is 0.200. The molecule has 0 spiro atoms. The van der Waals surface area contributed by atoms with Crippen LogP contribution >= 0.6 is 27.7 Å². The molecular weight excluding hydrogens is 260 g/mol. The molecule has 0 saturated heterocycles. The molecular formula is C11H23BrOS. The molecule has 0 aromatic rings. The van der Waals surface area contributed by atoms with Crippen molar-refractivity contribution in [1.29, 1.82) is 0 Å². The molecule has 14 heavy (non-hydrogen) atoms. The van der Waals surface area contributed by atoms with Crippen LogP contribution in [-0.4, -0.2) is 30.6 Å². The van der Waals surface area contributed by atoms with E-state index in [0.717, 1.165) is 11.9 Å². The lowest BCUT2D eigenvalue weighted by Crippen LogP contribution is -2.24. The van der Waals surface area contributed by atoms with Gasteiger partial charge < -0.3 is 4.74 Å². The molecule has 0 aliphatic rings. The molecule has 0 aromatic carbocycles. The molecule has 86 valence electrons. The number of hydrogen-bond donors (Lipinski definition) is 0. The SMILES string of the molecule is CCC(CC)(CBr)CSCCCOC. The van der Waals surface area contributed by atoms with Gasteiger partial charge in [0.1, 0.15) is 0 Å². The Labute approximate surface area is 101 Å². The number of rotatable bonds is 9. The van der Waals surface area contributed by atoms with Gasteiger partial charge in [-0.05, 0) is 36.2 Å². The summed E-state index contributed by atoms with van der Waals surface area (Å²) in [5, 5.41) is 1.13. The predicted molar refractivity (Wildman–Crippen MR) is 70.6 cm³/mol. The summed E-state index contributed by atoms with van der Waals surface area (Å²) in [4.78, 5) is 0. The fourth-order valence-corrected chi connectivity index (χ4v) is 3.94. The van der Waals surface area contributed by atoms with Gasteiger partial charge in [0.15, 0.2) is 0 Å². The van der Waals surface area contributed by atoms with Crippen LogP contribution in [0.15, 0.2) is 0 Å². The third kappa shape index (κ3) is 5.62. The summed E-state index contributed by atoms with van der Waals surface area (Å²) in [6, 6.07) is 0. The summed E-state index contributed by atoms with van der Waals surface area (Å²) in [6.45, 7) is 5.48. The van der Waals surface area contributed by atoms with Crippen LogP contribution in [0.3, 0.4) is 0 Å². The van der Waals surface area contributed by atoms with E-state index < -0.39 is 0 Å². The van der Waals surface area contributed by atoms with Gasteiger partial charge in [0.05, 0.1) is 0 Å². The van der Waals surface area contributed by atoms with Crippen LogP contribution in [0.5, 0.6) is 0 Å². The van der Waals surface area contributed by atoms with Crippen molar-refractivity contribution in [3.05, 3.63) is 0 Å². The molecule has 0 N–H and O–H groups in total. The van der Waals surface area contributed by atoms with Crippen molar-refractivity contribution in [2.45, 2.75) is 33.1 Å². The summed E-state index contributed by atoms with van der Waals surface area (Å²) in [7, 11) is 1.77. The number of halogens is 1. The molecule has 3 heteroatoms. The maximum Gasteiger partial charge on any atom is 0.0470 e. The fourth-order valence-electron chi connectivity index (χ4n) is 1.28. The van der Waals surface area contributed by atoms with Gasteiger partial charge in [-0.2, -0.15) is 11.8 Å². The first kappa shape index (κ1) is 14.8. The highest BCUT2D eigenvalue weighted by Gasteiger charge is 2.24. The smallest absolute Gasteiger partial charge is 0.0470 e. The van der Waals surface area contributed by atoms with Gasteiger partial charge in [0.25, 0.3) is 0 Å². The van der Waals surface area contributed by atoms with E-state index in [1.807, 2.05) is 0 Å². The minimum Gasteiger partial charge on any atom is -0.385 e. The van der Waals surface area contributed by atoms with E-state index in [2.05, 4.69) is 41.5 Å². The zero-order valence-corrected chi connectivity index (χ0v) is 12.0. The second-order valence-electron chi connectivity index (χ2n) is 3.74. The van der Waals surface area contributed by atoms with E-state index in [4.69, 9.17) is 4.74 Å². The minimum absolute atomic E-state index is 0.512. The lowest BCUT2D eigenvalue weighted by Gasteiger charge is -2.29. The van der Waals surface area contributed by atoms with Crippen LogP contribution in [0.25, 0.3) is 0 Å². The largest absolute Gasteiger partial charge is 0.385 e. The van der Waals surface area contributed by atoms with Crippen LogP contribution in [0.2, 0.25) is 0 Å². The van der Waals surface area contributed by atoms with Gasteiger partial charge in [-0.1, -0.05) is 29.8 Å². The van der Waals surface area contributed by atoms with Gasteiger partial charge in [0.2, 0.25) is 0 Å². The van der Waals surface area contributed by atoms with E-state index >= 15 is 0 Å². The lowest BCUT2D eigenvalue weighted by atomic mass is 9.87. The Hall–Kier alpha value is 0.790. The van der Waals surface area contributed by atoms with Crippen LogP contribution in [0, 0.1) is 5.41 Å².